The zero-order valence-electron chi connectivity index (χ0n) is 11.7. The predicted molar refractivity (Wildman–Crippen MR) is 99.2 cm³/mol. The fourth-order valence-electron chi connectivity index (χ4n) is 1.89. The molecule has 0 spiro atoms. The van der Waals surface area contributed by atoms with Crippen LogP contribution in [0.25, 0.3) is 0 Å². The number of benzene rings is 2. The maximum Gasteiger partial charge on any atom is 0.229 e. The Balaban J connectivity index is 1.88. The number of nitrogens with one attached hydrogen (secondary N) is 2. The van der Waals surface area contributed by atoms with Crippen molar-refractivity contribution in [1.29, 1.82) is 0 Å². The quantitative estimate of drug-likeness (QED) is 0.551. The molecule has 1 aromatic heterocycles. The lowest BCUT2D eigenvalue weighted by molar-refractivity contribution is 1.15. The fourth-order valence-corrected chi connectivity index (χ4v) is 2.54. The highest BCUT2D eigenvalue weighted by molar-refractivity contribution is 9.10. The molecule has 23 heavy (non-hydrogen) atoms. The minimum atomic E-state index is 0.427. The smallest absolute Gasteiger partial charge is 0.229 e. The molecule has 0 fully saturated rings. The molecule has 0 aliphatic heterocycles. The van der Waals surface area contributed by atoms with E-state index in [0.717, 1.165) is 15.8 Å². The summed E-state index contributed by atoms with van der Waals surface area (Å²) in [4.78, 5) is 8.69. The van der Waals surface area contributed by atoms with E-state index in [-0.39, 0.29) is 0 Å². The van der Waals surface area contributed by atoms with Crippen molar-refractivity contribution in [3.8, 4) is 0 Å². The highest BCUT2D eigenvalue weighted by atomic mass is 79.9. The van der Waals surface area contributed by atoms with E-state index in [1.54, 1.807) is 12.3 Å². The Morgan fingerprint density at radius 3 is 2.00 bits per heavy atom. The predicted octanol–water partition coefficient (Wildman–Crippen LogP) is 6.03. The first-order valence-electron chi connectivity index (χ1n) is 6.69. The van der Waals surface area contributed by atoms with Crippen LogP contribution in [0.15, 0.2) is 59.2 Å². The van der Waals surface area contributed by atoms with Crippen LogP contribution >= 0.6 is 39.1 Å². The molecule has 3 rings (SSSR count). The SMILES string of the molecule is Clc1ccccc1Nc1ncc(Br)c(Nc2ccccc2Cl)n1. The number of nitrogens with zero attached hydrogens (tertiary/aromatic N) is 2. The maximum atomic E-state index is 6.16. The van der Waals surface area contributed by atoms with Crippen LogP contribution in [0.2, 0.25) is 10.0 Å². The van der Waals surface area contributed by atoms with E-state index in [4.69, 9.17) is 23.2 Å². The molecule has 1 heterocycles. The summed E-state index contributed by atoms with van der Waals surface area (Å²) in [6.45, 7) is 0. The molecule has 0 saturated heterocycles. The normalized spacial score (nSPS) is 10.4. The van der Waals surface area contributed by atoms with Crippen molar-refractivity contribution < 1.29 is 0 Å². The Kier molecular flexibility index (Phi) is 5.00. The standard InChI is InChI=1S/C16H11BrCl2N4/c17-10-9-20-16(22-14-8-4-2-6-12(14)19)23-15(10)21-13-7-3-1-5-11(13)18/h1-9H,(H2,20,21,22,23). The van der Waals surface area contributed by atoms with Crippen LogP contribution in [-0.4, -0.2) is 9.97 Å². The fraction of sp³-hybridized carbons (Fsp3) is 0. The molecule has 0 saturated carbocycles. The number of halogens is 3. The Labute approximate surface area is 152 Å². The summed E-state index contributed by atoms with van der Waals surface area (Å²) in [6, 6.07) is 14.8. The van der Waals surface area contributed by atoms with Gasteiger partial charge >= 0.3 is 0 Å². The molecule has 4 nitrogen and oxygen atoms in total. The monoisotopic (exact) mass is 408 g/mol. The summed E-state index contributed by atoms with van der Waals surface area (Å²) in [5, 5.41) is 7.48. The molecule has 7 heteroatoms. The van der Waals surface area contributed by atoms with Crippen LogP contribution in [0, 0.1) is 0 Å². The molecule has 2 N–H and O–H groups in total. The summed E-state index contributed by atoms with van der Waals surface area (Å²) in [5.41, 5.74) is 1.50. The second-order valence-corrected chi connectivity index (χ2v) is 6.27. The number of para-hydroxylation sites is 2. The third-order valence-electron chi connectivity index (χ3n) is 2.99. The largest absolute Gasteiger partial charge is 0.338 e. The number of aromatic nitrogens is 2. The van der Waals surface area contributed by atoms with Crippen molar-refractivity contribution in [2.24, 2.45) is 0 Å². The van der Waals surface area contributed by atoms with E-state index in [1.165, 1.54) is 0 Å². The summed E-state index contributed by atoms with van der Waals surface area (Å²) in [6.07, 6.45) is 1.66. The first-order chi connectivity index (χ1) is 11.1. The molecule has 0 bridgehead atoms. The molecule has 116 valence electrons. The zero-order chi connectivity index (χ0) is 16.2. The van der Waals surface area contributed by atoms with Crippen molar-refractivity contribution in [1.82, 2.24) is 9.97 Å². The van der Waals surface area contributed by atoms with Crippen LogP contribution in [0.4, 0.5) is 23.1 Å². The van der Waals surface area contributed by atoms with Crippen molar-refractivity contribution in [3.63, 3.8) is 0 Å². The number of anilines is 4. The van der Waals surface area contributed by atoms with E-state index in [1.807, 2.05) is 42.5 Å². The van der Waals surface area contributed by atoms with Crippen LogP contribution in [0.5, 0.6) is 0 Å². The summed E-state index contributed by atoms with van der Waals surface area (Å²) >= 11 is 15.7. The van der Waals surface area contributed by atoms with Crippen molar-refractivity contribution >= 4 is 62.3 Å². The molecule has 0 aliphatic rings. The molecule has 0 aliphatic carbocycles. The second-order valence-electron chi connectivity index (χ2n) is 4.60. The minimum absolute atomic E-state index is 0.427. The minimum Gasteiger partial charge on any atom is -0.338 e. The lowest BCUT2D eigenvalue weighted by Gasteiger charge is -2.11. The average Bonchev–Trinajstić information content (AvgIpc) is 2.55. The van der Waals surface area contributed by atoms with Crippen molar-refractivity contribution in [2.75, 3.05) is 10.6 Å². The number of hydrogen-bond acceptors (Lipinski definition) is 4. The second kappa shape index (κ2) is 7.17. The number of hydrogen-bond donors (Lipinski definition) is 2. The van der Waals surface area contributed by atoms with Gasteiger partial charge < -0.3 is 10.6 Å². The van der Waals surface area contributed by atoms with E-state index in [9.17, 15) is 0 Å². The van der Waals surface area contributed by atoms with Crippen molar-refractivity contribution in [2.45, 2.75) is 0 Å². The zero-order valence-corrected chi connectivity index (χ0v) is 14.8. The molecule has 0 radical (unpaired) electrons. The van der Waals surface area contributed by atoms with Gasteiger partial charge in [0.1, 0.15) is 5.82 Å². The van der Waals surface area contributed by atoms with Gasteiger partial charge in [-0.2, -0.15) is 4.98 Å². The van der Waals surface area contributed by atoms with E-state index >= 15 is 0 Å². The topological polar surface area (TPSA) is 49.8 Å². The maximum absolute atomic E-state index is 6.16. The third-order valence-corrected chi connectivity index (χ3v) is 4.23. The first kappa shape index (κ1) is 16.1. The number of rotatable bonds is 4. The summed E-state index contributed by atoms with van der Waals surface area (Å²) in [7, 11) is 0. The molecular weight excluding hydrogens is 399 g/mol. The third kappa shape index (κ3) is 3.93. The van der Waals surface area contributed by atoms with Gasteiger partial charge in [0.2, 0.25) is 5.95 Å². The van der Waals surface area contributed by atoms with Gasteiger partial charge in [0.05, 0.1) is 25.9 Å². The van der Waals surface area contributed by atoms with Gasteiger partial charge in [-0.15, -0.1) is 0 Å². The molecule has 0 unspecified atom stereocenters. The molecular formula is C16H11BrCl2N4. The lowest BCUT2D eigenvalue weighted by Crippen LogP contribution is -2.02. The van der Waals surface area contributed by atoms with Gasteiger partial charge in [-0.25, -0.2) is 4.98 Å². The molecule has 0 amide bonds. The average molecular weight is 410 g/mol. The van der Waals surface area contributed by atoms with Crippen molar-refractivity contribution in [3.05, 3.63) is 69.2 Å². The van der Waals surface area contributed by atoms with Crippen LogP contribution in [0.3, 0.4) is 0 Å². The van der Waals surface area contributed by atoms with E-state index in [2.05, 4.69) is 36.5 Å². The van der Waals surface area contributed by atoms with Gasteiger partial charge in [0, 0.05) is 6.20 Å². The van der Waals surface area contributed by atoms with Gasteiger partial charge in [0.15, 0.2) is 0 Å². The van der Waals surface area contributed by atoms with E-state index in [0.29, 0.717) is 21.8 Å². The lowest BCUT2D eigenvalue weighted by atomic mass is 10.3. The van der Waals surface area contributed by atoms with E-state index < -0.39 is 0 Å². The van der Waals surface area contributed by atoms with Gasteiger partial charge in [0.25, 0.3) is 0 Å². The van der Waals surface area contributed by atoms with Crippen LogP contribution in [-0.2, 0) is 0 Å². The Morgan fingerprint density at radius 2 is 1.39 bits per heavy atom. The highest BCUT2D eigenvalue weighted by Crippen LogP contribution is 2.30. The highest BCUT2D eigenvalue weighted by Gasteiger charge is 2.08. The van der Waals surface area contributed by atoms with Gasteiger partial charge in [-0.3, -0.25) is 0 Å². The van der Waals surface area contributed by atoms with Crippen LogP contribution < -0.4 is 10.6 Å². The molecule has 3 aromatic rings. The van der Waals surface area contributed by atoms with Crippen LogP contribution in [0.1, 0.15) is 0 Å². The Morgan fingerprint density at radius 1 is 0.826 bits per heavy atom. The molecule has 2 aromatic carbocycles. The summed E-state index contributed by atoms with van der Waals surface area (Å²) < 4.78 is 0.724. The molecule has 0 atom stereocenters. The van der Waals surface area contributed by atoms with Gasteiger partial charge in [-0.1, -0.05) is 47.5 Å². The first-order valence-corrected chi connectivity index (χ1v) is 8.24. The Hall–Kier alpha value is -1.82. The summed E-state index contributed by atoms with van der Waals surface area (Å²) in [5.74, 6) is 1.03. The van der Waals surface area contributed by atoms with Gasteiger partial charge in [-0.05, 0) is 40.2 Å². The Bertz CT molecular complexity index is 842.